The number of carbonyl (C=O) groups is 1. The number of nitrogens with zero attached hydrogens (tertiary/aromatic N) is 5. The van der Waals surface area contributed by atoms with Crippen LogP contribution < -0.4 is 0 Å². The van der Waals surface area contributed by atoms with Crippen molar-refractivity contribution >= 4 is 16.9 Å². The zero-order valence-electron chi connectivity index (χ0n) is 16.7. The molecule has 0 aliphatic rings. The Labute approximate surface area is 169 Å². The second kappa shape index (κ2) is 7.83. The summed E-state index contributed by atoms with van der Waals surface area (Å²) in [6.07, 6.45) is 5.13. The minimum atomic E-state index is -0.293. The van der Waals surface area contributed by atoms with Crippen molar-refractivity contribution < 1.29 is 4.79 Å². The molecule has 6 nitrogen and oxygen atoms in total. The standard InChI is InChI=1S/C23H23N5O/c1-16(2)28-22-18(15-26-28)13-19(14-25-22)23(29)27(3)21(17-9-5-4-6-10-17)20-11-7-8-12-24-20/h4-16,21H,1-3H3/t21-/m0/s1. The predicted molar refractivity (Wildman–Crippen MR) is 113 cm³/mol. The average molecular weight is 385 g/mol. The topological polar surface area (TPSA) is 63.9 Å². The number of fused-ring (bicyclic) bond motifs is 1. The fraction of sp³-hybridized carbons (Fsp3) is 0.217. The van der Waals surface area contributed by atoms with Gasteiger partial charge in [0.1, 0.15) is 0 Å². The summed E-state index contributed by atoms with van der Waals surface area (Å²) >= 11 is 0. The Bertz CT molecular complexity index is 1080. The lowest BCUT2D eigenvalue weighted by molar-refractivity contribution is 0.0752. The van der Waals surface area contributed by atoms with E-state index in [4.69, 9.17) is 0 Å². The maximum atomic E-state index is 13.3. The number of rotatable bonds is 5. The lowest BCUT2D eigenvalue weighted by atomic mass is 10.0. The maximum Gasteiger partial charge on any atom is 0.256 e. The first-order chi connectivity index (χ1) is 14.1. The number of pyridine rings is 2. The molecule has 4 rings (SSSR count). The molecule has 0 aliphatic carbocycles. The van der Waals surface area contributed by atoms with Crippen LogP contribution in [0.3, 0.4) is 0 Å². The van der Waals surface area contributed by atoms with Gasteiger partial charge in [-0.05, 0) is 37.6 Å². The van der Waals surface area contributed by atoms with E-state index in [1.165, 1.54) is 0 Å². The van der Waals surface area contributed by atoms with Crippen LogP contribution in [0.25, 0.3) is 11.0 Å². The third-order valence-corrected chi connectivity index (χ3v) is 4.96. The fourth-order valence-electron chi connectivity index (χ4n) is 3.52. The molecule has 29 heavy (non-hydrogen) atoms. The molecule has 0 aliphatic heterocycles. The number of carbonyl (C=O) groups excluding carboxylic acids is 1. The highest BCUT2D eigenvalue weighted by Gasteiger charge is 2.26. The predicted octanol–water partition coefficient (Wildman–Crippen LogP) is 4.27. The maximum absolute atomic E-state index is 13.3. The number of hydrogen-bond donors (Lipinski definition) is 0. The van der Waals surface area contributed by atoms with Gasteiger partial charge >= 0.3 is 0 Å². The number of hydrogen-bond acceptors (Lipinski definition) is 4. The van der Waals surface area contributed by atoms with E-state index in [1.807, 2.05) is 59.3 Å². The number of amides is 1. The number of benzene rings is 1. The normalized spacial score (nSPS) is 12.3. The molecule has 3 aromatic heterocycles. The highest BCUT2D eigenvalue weighted by molar-refractivity contribution is 5.97. The highest BCUT2D eigenvalue weighted by atomic mass is 16.2. The molecule has 0 bridgehead atoms. The second-order valence-electron chi connectivity index (χ2n) is 7.30. The summed E-state index contributed by atoms with van der Waals surface area (Å²) in [7, 11) is 1.80. The quantitative estimate of drug-likeness (QED) is 0.515. The van der Waals surface area contributed by atoms with Gasteiger partial charge < -0.3 is 4.90 Å². The third-order valence-electron chi connectivity index (χ3n) is 4.96. The third kappa shape index (κ3) is 3.61. The van der Waals surface area contributed by atoms with Crippen molar-refractivity contribution in [1.29, 1.82) is 0 Å². The van der Waals surface area contributed by atoms with Crippen molar-refractivity contribution in [3.05, 3.63) is 90.0 Å². The van der Waals surface area contributed by atoms with Gasteiger partial charge in [0.2, 0.25) is 0 Å². The summed E-state index contributed by atoms with van der Waals surface area (Å²) in [5.74, 6) is -0.115. The van der Waals surface area contributed by atoms with Gasteiger partial charge in [-0.25, -0.2) is 9.67 Å². The summed E-state index contributed by atoms with van der Waals surface area (Å²) < 4.78 is 1.86. The van der Waals surface area contributed by atoms with Crippen LogP contribution in [0.2, 0.25) is 0 Å². The molecule has 146 valence electrons. The Kier molecular flexibility index (Phi) is 5.08. The molecule has 0 unspecified atom stereocenters. The average Bonchev–Trinajstić information content (AvgIpc) is 3.18. The van der Waals surface area contributed by atoms with Gasteiger partial charge in [0.05, 0.1) is 23.5 Å². The Morgan fingerprint density at radius 2 is 1.76 bits per heavy atom. The molecule has 0 fully saturated rings. The molecule has 3 heterocycles. The Balaban J connectivity index is 1.72. The summed E-state index contributed by atoms with van der Waals surface area (Å²) in [6.45, 7) is 4.11. The first kappa shape index (κ1) is 18.8. The largest absolute Gasteiger partial charge is 0.329 e. The van der Waals surface area contributed by atoms with E-state index in [0.29, 0.717) is 5.56 Å². The second-order valence-corrected chi connectivity index (χ2v) is 7.30. The van der Waals surface area contributed by atoms with Crippen LogP contribution >= 0.6 is 0 Å². The molecule has 0 spiro atoms. The van der Waals surface area contributed by atoms with Crippen LogP contribution in [0.1, 0.15) is 47.5 Å². The zero-order chi connectivity index (χ0) is 20.4. The SMILES string of the molecule is CC(C)n1ncc2cc(C(=O)N(C)[C@@H](c3ccccc3)c3ccccn3)cnc21. The van der Waals surface area contributed by atoms with Crippen LogP contribution in [0.4, 0.5) is 0 Å². The molecule has 0 saturated heterocycles. The van der Waals surface area contributed by atoms with E-state index >= 15 is 0 Å². The molecule has 0 saturated carbocycles. The number of aromatic nitrogens is 4. The molecule has 4 aromatic rings. The van der Waals surface area contributed by atoms with Gasteiger partial charge in [-0.1, -0.05) is 36.4 Å². The summed E-state index contributed by atoms with van der Waals surface area (Å²) in [5, 5.41) is 5.24. The molecular formula is C23H23N5O. The first-order valence-corrected chi connectivity index (χ1v) is 9.62. The fourth-order valence-corrected chi connectivity index (χ4v) is 3.52. The Hall–Kier alpha value is -3.54. The summed E-state index contributed by atoms with van der Waals surface area (Å²) in [4.78, 5) is 24.1. The molecule has 1 amide bonds. The monoisotopic (exact) mass is 385 g/mol. The van der Waals surface area contributed by atoms with E-state index in [0.717, 1.165) is 22.3 Å². The van der Waals surface area contributed by atoms with Gasteiger partial charge in [0, 0.05) is 30.9 Å². The van der Waals surface area contributed by atoms with E-state index in [-0.39, 0.29) is 18.0 Å². The van der Waals surface area contributed by atoms with E-state index in [1.54, 1.807) is 30.5 Å². The smallest absolute Gasteiger partial charge is 0.256 e. The van der Waals surface area contributed by atoms with Crippen LogP contribution in [0.5, 0.6) is 0 Å². The molecule has 0 radical (unpaired) electrons. The van der Waals surface area contributed by atoms with Gasteiger partial charge in [0.15, 0.2) is 5.65 Å². The van der Waals surface area contributed by atoms with Gasteiger partial charge in [-0.2, -0.15) is 5.10 Å². The van der Waals surface area contributed by atoms with E-state index in [2.05, 4.69) is 28.9 Å². The van der Waals surface area contributed by atoms with Crippen molar-refractivity contribution in [2.75, 3.05) is 7.05 Å². The van der Waals surface area contributed by atoms with Crippen LogP contribution in [-0.2, 0) is 0 Å². The lowest BCUT2D eigenvalue weighted by Gasteiger charge is -2.28. The Morgan fingerprint density at radius 1 is 1.00 bits per heavy atom. The molecule has 1 aromatic carbocycles. The summed E-state index contributed by atoms with van der Waals surface area (Å²) in [5.41, 5.74) is 3.13. The van der Waals surface area contributed by atoms with Crippen LogP contribution in [0, 0.1) is 0 Å². The van der Waals surface area contributed by atoms with Gasteiger partial charge in [-0.3, -0.25) is 9.78 Å². The Morgan fingerprint density at radius 3 is 2.45 bits per heavy atom. The van der Waals surface area contributed by atoms with Crippen LogP contribution in [0.15, 0.2) is 73.2 Å². The lowest BCUT2D eigenvalue weighted by Crippen LogP contribution is -2.32. The van der Waals surface area contributed by atoms with Gasteiger partial charge in [-0.15, -0.1) is 0 Å². The highest BCUT2D eigenvalue weighted by Crippen LogP contribution is 2.28. The van der Waals surface area contributed by atoms with Crippen molar-refractivity contribution in [3.8, 4) is 0 Å². The van der Waals surface area contributed by atoms with Crippen molar-refractivity contribution in [2.24, 2.45) is 0 Å². The van der Waals surface area contributed by atoms with E-state index in [9.17, 15) is 4.79 Å². The molecule has 6 heteroatoms. The molecule has 1 atom stereocenters. The zero-order valence-corrected chi connectivity index (χ0v) is 16.7. The minimum Gasteiger partial charge on any atom is -0.329 e. The minimum absolute atomic E-state index is 0.115. The van der Waals surface area contributed by atoms with Gasteiger partial charge in [0.25, 0.3) is 5.91 Å². The van der Waals surface area contributed by atoms with Crippen molar-refractivity contribution in [2.45, 2.75) is 25.9 Å². The van der Waals surface area contributed by atoms with Crippen molar-refractivity contribution in [1.82, 2.24) is 24.6 Å². The first-order valence-electron chi connectivity index (χ1n) is 9.62. The van der Waals surface area contributed by atoms with Crippen molar-refractivity contribution in [3.63, 3.8) is 0 Å². The molecular weight excluding hydrogens is 362 g/mol. The van der Waals surface area contributed by atoms with E-state index < -0.39 is 0 Å². The molecule has 0 N–H and O–H groups in total. The summed E-state index contributed by atoms with van der Waals surface area (Å²) in [6, 6.07) is 17.4. The van der Waals surface area contributed by atoms with Crippen LogP contribution in [-0.4, -0.2) is 37.6 Å².